The van der Waals surface area contributed by atoms with Gasteiger partial charge in [-0.3, -0.25) is 9.69 Å². The van der Waals surface area contributed by atoms with Crippen molar-refractivity contribution in [1.82, 2.24) is 10.2 Å². The predicted octanol–water partition coefficient (Wildman–Crippen LogP) is 2.57. The van der Waals surface area contributed by atoms with Crippen molar-refractivity contribution in [2.45, 2.75) is 6.54 Å². The van der Waals surface area contributed by atoms with E-state index in [0.29, 0.717) is 11.1 Å². The highest BCUT2D eigenvalue weighted by atomic mass is 16.5. The van der Waals surface area contributed by atoms with Crippen LogP contribution in [0.3, 0.4) is 0 Å². The van der Waals surface area contributed by atoms with E-state index >= 15 is 0 Å². The summed E-state index contributed by atoms with van der Waals surface area (Å²) >= 11 is 0. The first-order chi connectivity index (χ1) is 12.1. The number of ether oxygens (including phenoxy) is 1. The van der Waals surface area contributed by atoms with Crippen molar-refractivity contribution in [3.05, 3.63) is 77.0 Å². The zero-order valence-electron chi connectivity index (χ0n) is 13.6. The Morgan fingerprint density at radius 1 is 1.08 bits per heavy atom. The second kappa shape index (κ2) is 7.00. The number of carbonyl (C=O) groups is 3. The standard InChI is InChI=1S/C19H16N2O4/c1-25-18(23)15-9-7-13(8-10-15)11-16-17(22)21(19(24)20-16)12-14-5-3-2-4-6-14/h2-11H,12H2,1H3,(H,20,24)/b16-11+. The molecule has 0 aliphatic carbocycles. The van der Waals surface area contributed by atoms with Gasteiger partial charge in [0.2, 0.25) is 0 Å². The van der Waals surface area contributed by atoms with Crippen molar-refractivity contribution in [2.75, 3.05) is 7.11 Å². The summed E-state index contributed by atoms with van der Waals surface area (Å²) in [7, 11) is 1.31. The number of imide groups is 1. The van der Waals surface area contributed by atoms with Gasteiger partial charge < -0.3 is 10.1 Å². The molecule has 1 heterocycles. The number of rotatable bonds is 4. The van der Waals surface area contributed by atoms with Crippen LogP contribution in [0.2, 0.25) is 0 Å². The van der Waals surface area contributed by atoms with Crippen molar-refractivity contribution < 1.29 is 19.1 Å². The van der Waals surface area contributed by atoms with Gasteiger partial charge in [-0.1, -0.05) is 42.5 Å². The average molecular weight is 336 g/mol. The lowest BCUT2D eigenvalue weighted by Crippen LogP contribution is -2.30. The first-order valence-corrected chi connectivity index (χ1v) is 7.65. The predicted molar refractivity (Wildman–Crippen MR) is 91.3 cm³/mol. The summed E-state index contributed by atoms with van der Waals surface area (Å²) in [5.41, 5.74) is 2.18. The van der Waals surface area contributed by atoms with Crippen LogP contribution in [0.5, 0.6) is 0 Å². The monoisotopic (exact) mass is 336 g/mol. The topological polar surface area (TPSA) is 75.7 Å². The Hall–Kier alpha value is -3.41. The Labute approximate surface area is 144 Å². The van der Waals surface area contributed by atoms with Crippen LogP contribution in [0, 0.1) is 0 Å². The largest absolute Gasteiger partial charge is 0.465 e. The lowest BCUT2D eigenvalue weighted by atomic mass is 10.1. The molecular weight excluding hydrogens is 320 g/mol. The fraction of sp³-hybridized carbons (Fsp3) is 0.105. The maximum absolute atomic E-state index is 12.4. The molecule has 3 rings (SSSR count). The minimum absolute atomic E-state index is 0.201. The molecule has 3 amide bonds. The smallest absolute Gasteiger partial charge is 0.337 e. The average Bonchev–Trinajstić information content (AvgIpc) is 2.90. The molecule has 1 saturated heterocycles. The fourth-order valence-corrected chi connectivity index (χ4v) is 2.48. The lowest BCUT2D eigenvalue weighted by molar-refractivity contribution is -0.123. The highest BCUT2D eigenvalue weighted by Gasteiger charge is 2.33. The molecular formula is C19H16N2O4. The van der Waals surface area contributed by atoms with Crippen molar-refractivity contribution in [1.29, 1.82) is 0 Å². The van der Waals surface area contributed by atoms with Crippen molar-refractivity contribution in [3.8, 4) is 0 Å². The van der Waals surface area contributed by atoms with Gasteiger partial charge in [0, 0.05) is 0 Å². The number of amides is 3. The van der Waals surface area contributed by atoms with Crippen LogP contribution in [-0.2, 0) is 16.1 Å². The van der Waals surface area contributed by atoms with E-state index in [1.807, 2.05) is 30.3 Å². The molecule has 0 bridgehead atoms. The lowest BCUT2D eigenvalue weighted by Gasteiger charge is -2.11. The molecule has 1 fully saturated rings. The number of hydrogen-bond acceptors (Lipinski definition) is 4. The van der Waals surface area contributed by atoms with Crippen LogP contribution < -0.4 is 5.32 Å². The van der Waals surface area contributed by atoms with Gasteiger partial charge in [0.15, 0.2) is 0 Å². The van der Waals surface area contributed by atoms with Crippen molar-refractivity contribution >= 4 is 24.0 Å². The number of esters is 1. The van der Waals surface area contributed by atoms with Crippen LogP contribution in [0.15, 0.2) is 60.3 Å². The molecule has 0 aromatic heterocycles. The Morgan fingerprint density at radius 2 is 1.76 bits per heavy atom. The van der Waals surface area contributed by atoms with Gasteiger partial charge in [-0.15, -0.1) is 0 Å². The van der Waals surface area contributed by atoms with Crippen LogP contribution in [0.1, 0.15) is 21.5 Å². The summed E-state index contributed by atoms with van der Waals surface area (Å²) in [6.07, 6.45) is 1.58. The SMILES string of the molecule is COC(=O)c1ccc(/C=C2/NC(=O)N(Cc3ccccc3)C2=O)cc1. The second-order valence-electron chi connectivity index (χ2n) is 5.48. The van der Waals surface area contributed by atoms with E-state index in [-0.39, 0.29) is 18.1 Å². The molecule has 126 valence electrons. The van der Waals surface area contributed by atoms with E-state index in [9.17, 15) is 14.4 Å². The summed E-state index contributed by atoms with van der Waals surface area (Å²) < 4.78 is 4.64. The summed E-state index contributed by atoms with van der Waals surface area (Å²) in [6.45, 7) is 0.212. The van der Waals surface area contributed by atoms with E-state index in [4.69, 9.17) is 0 Å². The van der Waals surface area contributed by atoms with Crippen LogP contribution in [0.4, 0.5) is 4.79 Å². The normalized spacial score (nSPS) is 15.4. The Balaban J connectivity index is 1.77. The van der Waals surface area contributed by atoms with Gasteiger partial charge in [-0.05, 0) is 29.3 Å². The van der Waals surface area contributed by atoms with E-state index in [1.54, 1.807) is 30.3 Å². The fourth-order valence-electron chi connectivity index (χ4n) is 2.48. The Morgan fingerprint density at radius 3 is 2.40 bits per heavy atom. The third-order valence-electron chi connectivity index (χ3n) is 3.79. The van der Waals surface area contributed by atoms with Gasteiger partial charge in [0.25, 0.3) is 5.91 Å². The molecule has 0 spiro atoms. The van der Waals surface area contributed by atoms with Crippen LogP contribution in [0.25, 0.3) is 6.08 Å². The first-order valence-electron chi connectivity index (χ1n) is 7.65. The van der Waals surface area contributed by atoms with Gasteiger partial charge in [0.05, 0.1) is 19.2 Å². The number of nitrogens with zero attached hydrogens (tertiary/aromatic N) is 1. The number of carbonyl (C=O) groups excluding carboxylic acids is 3. The molecule has 1 N–H and O–H groups in total. The molecule has 2 aromatic carbocycles. The molecule has 25 heavy (non-hydrogen) atoms. The number of urea groups is 1. The quantitative estimate of drug-likeness (QED) is 0.529. The van der Waals surface area contributed by atoms with Gasteiger partial charge in [-0.2, -0.15) is 0 Å². The molecule has 2 aromatic rings. The zero-order valence-corrected chi connectivity index (χ0v) is 13.6. The Kier molecular flexibility index (Phi) is 4.61. The van der Waals surface area contributed by atoms with E-state index < -0.39 is 12.0 Å². The molecule has 6 heteroatoms. The second-order valence-corrected chi connectivity index (χ2v) is 5.48. The van der Waals surface area contributed by atoms with Crippen LogP contribution >= 0.6 is 0 Å². The van der Waals surface area contributed by atoms with Crippen LogP contribution in [-0.4, -0.2) is 29.9 Å². The summed E-state index contributed by atoms with van der Waals surface area (Å²) in [5, 5.41) is 2.58. The van der Waals surface area contributed by atoms with Gasteiger partial charge in [0.1, 0.15) is 5.70 Å². The van der Waals surface area contributed by atoms with E-state index in [2.05, 4.69) is 10.1 Å². The molecule has 0 radical (unpaired) electrons. The number of hydrogen-bond donors (Lipinski definition) is 1. The van der Waals surface area contributed by atoms with Gasteiger partial charge in [-0.25, -0.2) is 9.59 Å². The summed E-state index contributed by atoms with van der Waals surface area (Å²) in [4.78, 5) is 37.1. The number of methoxy groups -OCH3 is 1. The van der Waals surface area contributed by atoms with Crippen molar-refractivity contribution in [2.24, 2.45) is 0 Å². The molecule has 6 nitrogen and oxygen atoms in total. The third-order valence-corrected chi connectivity index (χ3v) is 3.79. The molecule has 1 aliphatic rings. The number of benzene rings is 2. The molecule has 0 unspecified atom stereocenters. The van der Waals surface area contributed by atoms with Crippen molar-refractivity contribution in [3.63, 3.8) is 0 Å². The maximum Gasteiger partial charge on any atom is 0.337 e. The molecule has 0 saturated carbocycles. The minimum atomic E-state index is -0.453. The molecule has 0 atom stereocenters. The third kappa shape index (κ3) is 3.58. The zero-order chi connectivity index (χ0) is 17.8. The maximum atomic E-state index is 12.4. The summed E-state index contributed by atoms with van der Waals surface area (Å²) in [6, 6.07) is 15.4. The molecule has 1 aliphatic heterocycles. The Bertz CT molecular complexity index is 841. The van der Waals surface area contributed by atoms with E-state index in [0.717, 1.165) is 10.5 Å². The first kappa shape index (κ1) is 16.4. The highest BCUT2D eigenvalue weighted by molar-refractivity contribution is 6.13. The summed E-state index contributed by atoms with van der Waals surface area (Å²) in [5.74, 6) is -0.815. The highest BCUT2D eigenvalue weighted by Crippen LogP contribution is 2.17. The van der Waals surface area contributed by atoms with E-state index in [1.165, 1.54) is 7.11 Å². The van der Waals surface area contributed by atoms with Gasteiger partial charge >= 0.3 is 12.0 Å². The number of nitrogens with one attached hydrogen (secondary N) is 1. The minimum Gasteiger partial charge on any atom is -0.465 e.